The van der Waals surface area contributed by atoms with Gasteiger partial charge in [-0.15, -0.1) is 0 Å². The molecule has 114 valence electrons. The fourth-order valence-electron chi connectivity index (χ4n) is 2.84. The Balaban J connectivity index is 2.80. The van der Waals surface area contributed by atoms with Gasteiger partial charge in [-0.2, -0.15) is 0 Å². The second-order valence-corrected chi connectivity index (χ2v) is 6.64. The quantitative estimate of drug-likeness (QED) is 0.574. The van der Waals surface area contributed by atoms with Crippen molar-refractivity contribution >= 4 is 6.21 Å². The van der Waals surface area contributed by atoms with Gasteiger partial charge in [-0.05, 0) is 56.6 Å². The Morgan fingerprint density at radius 3 is 2.38 bits per heavy atom. The molecule has 2 N–H and O–H groups in total. The smallest absolute Gasteiger partial charge is 0.160 e. The molecular formula is C20H30N+. The number of hydrogen-bond donors (Lipinski definition) is 1. The Hall–Kier alpha value is -1.63. The lowest BCUT2D eigenvalue weighted by Crippen LogP contribution is -2.28. The van der Waals surface area contributed by atoms with E-state index in [4.69, 9.17) is 5.41 Å². The van der Waals surface area contributed by atoms with Crippen LogP contribution in [0.3, 0.4) is 0 Å². The van der Waals surface area contributed by atoms with Gasteiger partial charge < -0.3 is 0 Å². The van der Waals surface area contributed by atoms with Crippen LogP contribution in [-0.2, 0) is 0 Å². The number of hydrogen-bond acceptors (Lipinski definition) is 0. The first-order valence-electron chi connectivity index (χ1n) is 7.82. The van der Waals surface area contributed by atoms with E-state index in [0.29, 0.717) is 5.41 Å². The van der Waals surface area contributed by atoms with Gasteiger partial charge in [-0.25, -0.2) is 0 Å². The monoisotopic (exact) mass is 284 g/mol. The van der Waals surface area contributed by atoms with Gasteiger partial charge in [0.2, 0.25) is 0 Å². The molecule has 0 aliphatic heterocycles. The maximum absolute atomic E-state index is 5.36. The lowest BCUT2D eigenvalue weighted by atomic mass is 9.72. The van der Waals surface area contributed by atoms with Crippen LogP contribution in [0.2, 0.25) is 0 Å². The summed E-state index contributed by atoms with van der Waals surface area (Å²) in [5.41, 5.74) is 5.78. The fourth-order valence-corrected chi connectivity index (χ4v) is 2.84. The molecule has 0 radical (unpaired) electrons. The lowest BCUT2D eigenvalue weighted by molar-refractivity contribution is -0.104. The summed E-state index contributed by atoms with van der Waals surface area (Å²) in [6.45, 7) is 11.2. The van der Waals surface area contributed by atoms with Crippen molar-refractivity contribution in [3.05, 3.63) is 58.7 Å². The maximum atomic E-state index is 5.36. The lowest BCUT2D eigenvalue weighted by Gasteiger charge is -2.32. The predicted octanol–water partition coefficient (Wildman–Crippen LogP) is 4.35. The summed E-state index contributed by atoms with van der Waals surface area (Å²) >= 11 is 0. The van der Waals surface area contributed by atoms with Crippen LogP contribution in [0, 0.1) is 5.41 Å². The normalized spacial score (nSPS) is 20.6. The Labute approximate surface area is 130 Å². The average molecular weight is 284 g/mol. The molecule has 1 rings (SSSR count). The highest BCUT2D eigenvalue weighted by Gasteiger charge is 2.26. The SMILES string of the molecule is CC1=C(/C=C/C(C)=C/C=C/C(C)=C/C=[NH2+])C(C)(C)CCC1. The van der Waals surface area contributed by atoms with E-state index in [1.807, 2.05) is 13.0 Å². The van der Waals surface area contributed by atoms with E-state index in [0.717, 1.165) is 5.57 Å². The molecule has 21 heavy (non-hydrogen) atoms. The van der Waals surface area contributed by atoms with Crippen LogP contribution in [0.15, 0.2) is 58.7 Å². The van der Waals surface area contributed by atoms with Gasteiger partial charge in [-0.3, -0.25) is 5.41 Å². The summed E-state index contributed by atoms with van der Waals surface area (Å²) in [6.07, 6.45) is 18.1. The molecule has 0 spiro atoms. The van der Waals surface area contributed by atoms with Gasteiger partial charge in [0.05, 0.1) is 0 Å². The standard InChI is InChI=1S/C20H29N/c1-16(8-6-9-17(2)13-15-21)11-12-19-18(3)10-7-14-20(19,4)5/h6,8-9,11-13,15,21H,7,10,14H2,1-5H3/p+1/b9-6+,12-11+,16-8+,17-13+,21-15?. The van der Waals surface area contributed by atoms with E-state index < -0.39 is 0 Å². The van der Waals surface area contributed by atoms with Crippen molar-refractivity contribution in [2.75, 3.05) is 0 Å². The van der Waals surface area contributed by atoms with E-state index in [-0.39, 0.29) is 0 Å². The van der Waals surface area contributed by atoms with Crippen molar-refractivity contribution in [3.63, 3.8) is 0 Å². The minimum Gasteiger partial charge on any atom is -0.260 e. The minimum atomic E-state index is 0.311. The van der Waals surface area contributed by atoms with Crippen LogP contribution in [0.4, 0.5) is 0 Å². The first-order valence-corrected chi connectivity index (χ1v) is 7.82. The van der Waals surface area contributed by atoms with Crippen molar-refractivity contribution in [1.82, 2.24) is 0 Å². The number of allylic oxidation sites excluding steroid dienone is 10. The number of nitrogens with two attached hydrogens (primary N) is 1. The van der Waals surface area contributed by atoms with E-state index in [1.54, 1.807) is 11.8 Å². The third-order valence-electron chi connectivity index (χ3n) is 4.13. The molecule has 0 aromatic heterocycles. The highest BCUT2D eigenvalue weighted by Crippen LogP contribution is 2.40. The zero-order valence-corrected chi connectivity index (χ0v) is 14.2. The van der Waals surface area contributed by atoms with Crippen molar-refractivity contribution in [3.8, 4) is 0 Å². The summed E-state index contributed by atoms with van der Waals surface area (Å²) in [6, 6.07) is 0. The van der Waals surface area contributed by atoms with Gasteiger partial charge in [-0.1, -0.05) is 55.4 Å². The van der Waals surface area contributed by atoms with Gasteiger partial charge in [0.15, 0.2) is 6.21 Å². The van der Waals surface area contributed by atoms with Gasteiger partial charge in [0.25, 0.3) is 0 Å². The highest BCUT2D eigenvalue weighted by atomic mass is 14.3. The molecule has 0 aromatic carbocycles. The molecule has 1 nitrogen and oxygen atoms in total. The van der Waals surface area contributed by atoms with E-state index in [1.165, 1.54) is 30.4 Å². The van der Waals surface area contributed by atoms with Gasteiger partial charge in [0.1, 0.15) is 0 Å². The molecule has 0 saturated carbocycles. The third kappa shape index (κ3) is 5.71. The predicted molar refractivity (Wildman–Crippen MR) is 94.1 cm³/mol. The fraction of sp³-hybridized carbons (Fsp3) is 0.450. The van der Waals surface area contributed by atoms with Crippen LogP contribution >= 0.6 is 0 Å². The molecule has 0 saturated heterocycles. The van der Waals surface area contributed by atoms with Crippen molar-refractivity contribution in [2.24, 2.45) is 5.41 Å². The van der Waals surface area contributed by atoms with Crippen LogP contribution in [0.5, 0.6) is 0 Å². The molecule has 0 fully saturated rings. The van der Waals surface area contributed by atoms with E-state index >= 15 is 0 Å². The molecule has 0 aromatic rings. The Morgan fingerprint density at radius 2 is 1.76 bits per heavy atom. The Bertz CT molecular complexity index is 522. The molecule has 0 amide bonds. The maximum Gasteiger partial charge on any atom is 0.160 e. The second kappa shape index (κ2) is 7.97. The van der Waals surface area contributed by atoms with E-state index in [2.05, 4.69) is 58.1 Å². The Kier molecular flexibility index (Phi) is 6.61. The number of rotatable bonds is 5. The summed E-state index contributed by atoms with van der Waals surface area (Å²) < 4.78 is 0. The summed E-state index contributed by atoms with van der Waals surface area (Å²) in [5, 5.41) is 5.36. The van der Waals surface area contributed by atoms with Crippen LogP contribution < -0.4 is 5.41 Å². The summed E-state index contributed by atoms with van der Waals surface area (Å²) in [5.74, 6) is 0. The zero-order valence-electron chi connectivity index (χ0n) is 14.2. The molecular weight excluding hydrogens is 254 g/mol. The first kappa shape index (κ1) is 17.4. The summed E-state index contributed by atoms with van der Waals surface area (Å²) in [4.78, 5) is 0. The minimum absolute atomic E-state index is 0.311. The molecule has 1 heteroatoms. The van der Waals surface area contributed by atoms with Crippen LogP contribution in [-0.4, -0.2) is 6.21 Å². The molecule has 0 unspecified atom stereocenters. The highest BCUT2D eigenvalue weighted by molar-refractivity contribution is 5.66. The van der Waals surface area contributed by atoms with Crippen molar-refractivity contribution < 1.29 is 5.41 Å². The van der Waals surface area contributed by atoms with Crippen molar-refractivity contribution in [2.45, 2.75) is 53.9 Å². The van der Waals surface area contributed by atoms with Crippen molar-refractivity contribution in [1.29, 1.82) is 0 Å². The molecule has 1 aliphatic rings. The molecule has 0 bridgehead atoms. The zero-order chi connectivity index (χ0) is 15.9. The second-order valence-electron chi connectivity index (χ2n) is 6.64. The first-order chi connectivity index (χ1) is 9.86. The topological polar surface area (TPSA) is 25.6 Å². The van der Waals surface area contributed by atoms with Gasteiger partial charge >= 0.3 is 0 Å². The van der Waals surface area contributed by atoms with Gasteiger partial charge in [0, 0.05) is 6.08 Å². The summed E-state index contributed by atoms with van der Waals surface area (Å²) in [7, 11) is 0. The Morgan fingerprint density at radius 1 is 1.10 bits per heavy atom. The van der Waals surface area contributed by atoms with E-state index in [9.17, 15) is 0 Å². The molecule has 0 heterocycles. The van der Waals surface area contributed by atoms with Crippen LogP contribution in [0.25, 0.3) is 0 Å². The third-order valence-corrected chi connectivity index (χ3v) is 4.13. The molecule has 1 aliphatic carbocycles. The average Bonchev–Trinajstić information content (AvgIpc) is 2.37. The van der Waals surface area contributed by atoms with Crippen LogP contribution in [0.1, 0.15) is 53.9 Å². The largest absolute Gasteiger partial charge is 0.260 e. The molecule has 0 atom stereocenters.